The zero-order valence-corrected chi connectivity index (χ0v) is 10.3. The van der Waals surface area contributed by atoms with Crippen molar-refractivity contribution in [2.75, 3.05) is 7.11 Å². The van der Waals surface area contributed by atoms with Crippen LogP contribution >= 0.6 is 0 Å². The quantitative estimate of drug-likeness (QED) is 0.617. The van der Waals surface area contributed by atoms with Gasteiger partial charge >= 0.3 is 0 Å². The Morgan fingerprint density at radius 3 is 2.50 bits per heavy atom. The number of hydrogen-bond acceptors (Lipinski definition) is 1. The molecule has 0 aromatic rings. The van der Waals surface area contributed by atoms with Crippen LogP contribution in [0.25, 0.3) is 0 Å². The van der Waals surface area contributed by atoms with Crippen molar-refractivity contribution in [3.05, 3.63) is 0 Å². The van der Waals surface area contributed by atoms with Crippen molar-refractivity contribution >= 4 is 6.92 Å². The van der Waals surface area contributed by atoms with Crippen LogP contribution in [0.4, 0.5) is 0 Å². The Morgan fingerprint density at radius 1 is 1.36 bits per heavy atom. The van der Waals surface area contributed by atoms with E-state index in [4.69, 9.17) is 4.65 Å². The zero-order chi connectivity index (χ0) is 10.6. The second kappa shape index (κ2) is 5.80. The minimum atomic E-state index is 0.496. The molecule has 0 aliphatic heterocycles. The van der Waals surface area contributed by atoms with Gasteiger partial charge in [-0.25, -0.2) is 0 Å². The van der Waals surface area contributed by atoms with Crippen molar-refractivity contribution in [1.82, 2.24) is 0 Å². The molecule has 0 N–H and O–H groups in total. The molecule has 82 valence electrons. The van der Waals surface area contributed by atoms with Crippen LogP contribution < -0.4 is 0 Å². The van der Waals surface area contributed by atoms with Gasteiger partial charge in [-0.05, 0) is 17.6 Å². The molecule has 0 bridgehead atoms. The molecule has 0 aromatic heterocycles. The Labute approximate surface area is 89.7 Å². The smallest absolute Gasteiger partial charge is 0.298 e. The van der Waals surface area contributed by atoms with Crippen LogP contribution in [0.3, 0.4) is 0 Å². The lowest BCUT2D eigenvalue weighted by atomic mass is 9.42. The summed E-state index contributed by atoms with van der Waals surface area (Å²) in [7, 11) is 1.89. The second-order valence-electron chi connectivity index (χ2n) is 5.01. The molecule has 1 rings (SSSR count). The van der Waals surface area contributed by atoms with Gasteiger partial charge in [-0.1, -0.05) is 52.9 Å². The molecule has 1 saturated carbocycles. The van der Waals surface area contributed by atoms with Gasteiger partial charge < -0.3 is 4.65 Å². The average molecular weight is 196 g/mol. The molecule has 0 amide bonds. The first kappa shape index (κ1) is 12.1. The van der Waals surface area contributed by atoms with E-state index in [2.05, 4.69) is 20.8 Å². The maximum atomic E-state index is 5.71. The molecule has 2 heteroatoms. The molecule has 0 heterocycles. The van der Waals surface area contributed by atoms with Crippen LogP contribution in [0.2, 0.25) is 11.6 Å². The van der Waals surface area contributed by atoms with Crippen molar-refractivity contribution in [3.63, 3.8) is 0 Å². The third-order valence-electron chi connectivity index (χ3n) is 4.08. The minimum absolute atomic E-state index is 0.496. The monoisotopic (exact) mass is 196 g/mol. The van der Waals surface area contributed by atoms with E-state index < -0.39 is 0 Å². The lowest BCUT2D eigenvalue weighted by molar-refractivity contribution is 0.319. The van der Waals surface area contributed by atoms with Crippen molar-refractivity contribution < 1.29 is 4.65 Å². The molecular weight excluding hydrogens is 171 g/mol. The molecule has 1 aliphatic carbocycles. The van der Waals surface area contributed by atoms with Gasteiger partial charge in [0.25, 0.3) is 6.92 Å². The molecule has 14 heavy (non-hydrogen) atoms. The Balaban J connectivity index is 2.57. The Hall–Kier alpha value is 0.0249. The Morgan fingerprint density at radius 2 is 2.00 bits per heavy atom. The lowest BCUT2D eigenvalue weighted by Gasteiger charge is -2.34. The van der Waals surface area contributed by atoms with Crippen LogP contribution in [-0.2, 0) is 4.65 Å². The highest BCUT2D eigenvalue weighted by molar-refractivity contribution is 6.55. The maximum Gasteiger partial charge on any atom is 0.298 e. The van der Waals surface area contributed by atoms with E-state index in [0.29, 0.717) is 12.7 Å². The SMILES string of the molecule is CCC(C)B(OC)C1CCCCC1C. The van der Waals surface area contributed by atoms with Gasteiger partial charge in [-0.3, -0.25) is 0 Å². The van der Waals surface area contributed by atoms with Gasteiger partial charge in [0.05, 0.1) is 0 Å². The lowest BCUT2D eigenvalue weighted by Crippen LogP contribution is -2.33. The Bertz CT molecular complexity index is 156. The second-order valence-corrected chi connectivity index (χ2v) is 5.01. The summed E-state index contributed by atoms with van der Waals surface area (Å²) in [5, 5.41) is 0. The molecule has 1 nitrogen and oxygen atoms in total. The summed E-state index contributed by atoms with van der Waals surface area (Å²) in [5.41, 5.74) is 0. The molecule has 0 radical (unpaired) electrons. The van der Waals surface area contributed by atoms with Crippen LogP contribution in [-0.4, -0.2) is 14.0 Å². The fraction of sp³-hybridized carbons (Fsp3) is 1.00. The first-order chi connectivity index (χ1) is 6.70. The van der Waals surface area contributed by atoms with E-state index in [0.717, 1.165) is 11.7 Å². The highest BCUT2D eigenvalue weighted by Crippen LogP contribution is 2.40. The molecule has 1 fully saturated rings. The van der Waals surface area contributed by atoms with Crippen LogP contribution in [0, 0.1) is 5.92 Å². The molecule has 0 saturated heterocycles. The zero-order valence-electron chi connectivity index (χ0n) is 10.3. The topological polar surface area (TPSA) is 9.23 Å². The van der Waals surface area contributed by atoms with Gasteiger partial charge in [-0.15, -0.1) is 0 Å². The summed E-state index contributed by atoms with van der Waals surface area (Å²) in [6.45, 7) is 7.49. The third-order valence-corrected chi connectivity index (χ3v) is 4.08. The standard InChI is InChI=1S/C12H25BO/c1-5-11(3)13(14-4)12-9-7-6-8-10(12)2/h10-12H,5-9H2,1-4H3. The van der Waals surface area contributed by atoms with Gasteiger partial charge in [-0.2, -0.15) is 0 Å². The van der Waals surface area contributed by atoms with Crippen molar-refractivity contribution in [1.29, 1.82) is 0 Å². The first-order valence-corrected chi connectivity index (χ1v) is 6.23. The highest BCUT2D eigenvalue weighted by atomic mass is 16.4. The van der Waals surface area contributed by atoms with Gasteiger partial charge in [0.2, 0.25) is 0 Å². The fourth-order valence-electron chi connectivity index (χ4n) is 2.89. The van der Waals surface area contributed by atoms with Crippen molar-refractivity contribution in [2.24, 2.45) is 5.92 Å². The number of hydrogen-bond donors (Lipinski definition) is 0. The summed E-state index contributed by atoms with van der Waals surface area (Å²) in [4.78, 5) is 0. The number of rotatable bonds is 4. The first-order valence-electron chi connectivity index (χ1n) is 6.23. The largest absolute Gasteiger partial charge is 0.438 e. The van der Waals surface area contributed by atoms with Crippen LogP contribution in [0.5, 0.6) is 0 Å². The molecule has 1 aliphatic rings. The van der Waals surface area contributed by atoms with E-state index in [1.807, 2.05) is 7.11 Å². The van der Waals surface area contributed by atoms with Gasteiger partial charge in [0.15, 0.2) is 0 Å². The van der Waals surface area contributed by atoms with Crippen LogP contribution in [0.1, 0.15) is 52.9 Å². The van der Waals surface area contributed by atoms with E-state index >= 15 is 0 Å². The fourth-order valence-corrected chi connectivity index (χ4v) is 2.89. The van der Waals surface area contributed by atoms with Crippen LogP contribution in [0.15, 0.2) is 0 Å². The van der Waals surface area contributed by atoms with Gasteiger partial charge in [0.1, 0.15) is 0 Å². The average Bonchev–Trinajstić information content (AvgIpc) is 2.21. The molecule has 0 aromatic carbocycles. The predicted molar refractivity (Wildman–Crippen MR) is 63.9 cm³/mol. The normalized spacial score (nSPS) is 30.0. The summed E-state index contributed by atoms with van der Waals surface area (Å²) in [6, 6.07) is 0. The van der Waals surface area contributed by atoms with E-state index in [1.165, 1.54) is 32.1 Å². The summed E-state index contributed by atoms with van der Waals surface area (Å²) >= 11 is 0. The summed E-state index contributed by atoms with van der Waals surface area (Å²) in [5.74, 6) is 2.39. The molecule has 3 unspecified atom stereocenters. The van der Waals surface area contributed by atoms with Gasteiger partial charge in [0, 0.05) is 7.11 Å². The highest BCUT2D eigenvalue weighted by Gasteiger charge is 2.35. The van der Waals surface area contributed by atoms with E-state index in [9.17, 15) is 0 Å². The van der Waals surface area contributed by atoms with E-state index in [1.54, 1.807) is 0 Å². The van der Waals surface area contributed by atoms with Crippen molar-refractivity contribution in [2.45, 2.75) is 64.5 Å². The third kappa shape index (κ3) is 2.76. The maximum absolute atomic E-state index is 5.71. The molecule has 3 atom stereocenters. The molecular formula is C12H25BO. The van der Waals surface area contributed by atoms with E-state index in [-0.39, 0.29) is 0 Å². The predicted octanol–water partition coefficient (Wildman–Crippen LogP) is 4.00. The summed E-state index contributed by atoms with van der Waals surface area (Å²) < 4.78 is 5.71. The van der Waals surface area contributed by atoms with Crippen molar-refractivity contribution in [3.8, 4) is 0 Å². The minimum Gasteiger partial charge on any atom is -0.438 e. The molecule has 0 spiro atoms. The summed E-state index contributed by atoms with van der Waals surface area (Å²) in [6.07, 6.45) is 6.85. The Kier molecular flexibility index (Phi) is 5.01.